The summed E-state index contributed by atoms with van der Waals surface area (Å²) in [5.74, 6) is -0.475. The molecule has 90 valence electrons. The van der Waals surface area contributed by atoms with Gasteiger partial charge in [0.2, 0.25) is 0 Å². The first-order valence-electron chi connectivity index (χ1n) is 5.71. The summed E-state index contributed by atoms with van der Waals surface area (Å²) in [6.07, 6.45) is 1.51. The molecule has 0 aliphatic carbocycles. The molecule has 0 radical (unpaired) electrons. The zero-order chi connectivity index (χ0) is 11.3. The molecule has 1 heterocycles. The molecule has 4 heteroatoms. The van der Waals surface area contributed by atoms with Crippen LogP contribution in [0.15, 0.2) is 0 Å². The minimum atomic E-state index is -0.625. The highest BCUT2D eigenvalue weighted by atomic mass is 16.7. The molecule has 4 nitrogen and oxygen atoms in total. The second-order valence-electron chi connectivity index (χ2n) is 4.27. The summed E-state index contributed by atoms with van der Waals surface area (Å²) in [6.45, 7) is 5.08. The van der Waals surface area contributed by atoms with Gasteiger partial charge in [0.05, 0.1) is 25.4 Å². The Kier molecular flexibility index (Phi) is 4.99. The molecule has 0 saturated carbocycles. The first-order valence-corrected chi connectivity index (χ1v) is 5.71. The zero-order valence-electron chi connectivity index (χ0n) is 9.61. The molecular formula is C11H22O4. The summed E-state index contributed by atoms with van der Waals surface area (Å²) in [4.78, 5) is 0. The number of aliphatic hydroxyl groups is 2. The third kappa shape index (κ3) is 4.07. The predicted molar refractivity (Wildman–Crippen MR) is 56.5 cm³/mol. The maximum atomic E-state index is 9.54. The number of rotatable bonds is 6. The third-order valence-electron chi connectivity index (χ3n) is 2.89. The van der Waals surface area contributed by atoms with Crippen LogP contribution in [-0.2, 0) is 9.47 Å². The average Bonchev–Trinajstić information content (AvgIpc) is 2.64. The molecule has 0 spiro atoms. The van der Waals surface area contributed by atoms with Crippen molar-refractivity contribution in [2.75, 3.05) is 13.2 Å². The van der Waals surface area contributed by atoms with Crippen molar-refractivity contribution >= 4 is 0 Å². The van der Waals surface area contributed by atoms with E-state index in [0.717, 1.165) is 12.8 Å². The first kappa shape index (κ1) is 12.9. The van der Waals surface area contributed by atoms with Crippen LogP contribution in [0.1, 0.15) is 39.5 Å². The summed E-state index contributed by atoms with van der Waals surface area (Å²) in [7, 11) is 0. The van der Waals surface area contributed by atoms with Crippen LogP contribution in [-0.4, -0.2) is 41.4 Å². The van der Waals surface area contributed by atoms with Crippen molar-refractivity contribution < 1.29 is 19.7 Å². The van der Waals surface area contributed by atoms with Crippen LogP contribution in [0, 0.1) is 0 Å². The molecule has 0 aromatic rings. The molecule has 2 N–H and O–H groups in total. The van der Waals surface area contributed by atoms with E-state index in [1.54, 1.807) is 0 Å². The number of ether oxygens (including phenoxy) is 2. The summed E-state index contributed by atoms with van der Waals surface area (Å²) < 4.78 is 10.9. The van der Waals surface area contributed by atoms with Gasteiger partial charge in [-0.1, -0.05) is 6.92 Å². The van der Waals surface area contributed by atoms with Crippen molar-refractivity contribution in [3.8, 4) is 0 Å². The lowest BCUT2D eigenvalue weighted by atomic mass is 10.0. The fourth-order valence-electron chi connectivity index (χ4n) is 1.80. The van der Waals surface area contributed by atoms with Gasteiger partial charge in [0, 0.05) is 6.42 Å². The molecule has 2 atom stereocenters. The van der Waals surface area contributed by atoms with E-state index in [9.17, 15) is 10.2 Å². The smallest absolute Gasteiger partial charge is 0.165 e. The average molecular weight is 218 g/mol. The summed E-state index contributed by atoms with van der Waals surface area (Å²) in [6, 6.07) is 0. The lowest BCUT2D eigenvalue weighted by molar-refractivity contribution is -0.148. The van der Waals surface area contributed by atoms with Crippen molar-refractivity contribution in [3.63, 3.8) is 0 Å². The minimum Gasteiger partial charge on any atom is -0.390 e. The Bertz CT molecular complexity index is 177. The topological polar surface area (TPSA) is 58.9 Å². The largest absolute Gasteiger partial charge is 0.390 e. The van der Waals surface area contributed by atoms with Gasteiger partial charge in [-0.25, -0.2) is 0 Å². The van der Waals surface area contributed by atoms with E-state index in [0.29, 0.717) is 26.1 Å². The normalized spacial score (nSPS) is 24.0. The highest BCUT2D eigenvalue weighted by molar-refractivity contribution is 4.71. The van der Waals surface area contributed by atoms with E-state index in [2.05, 4.69) is 0 Å². The van der Waals surface area contributed by atoms with Crippen LogP contribution in [0.5, 0.6) is 0 Å². The second kappa shape index (κ2) is 5.80. The van der Waals surface area contributed by atoms with E-state index in [4.69, 9.17) is 9.47 Å². The Labute approximate surface area is 91.2 Å². The molecule has 0 unspecified atom stereocenters. The standard InChI is InChI=1S/C11H22O4/c1-3-9(12)10(13)5-4-6-11(2)14-7-8-15-11/h9-10,12-13H,3-8H2,1-2H3/t9-,10+/m1/s1. The first-order chi connectivity index (χ1) is 7.07. The fraction of sp³-hybridized carbons (Fsp3) is 1.00. The third-order valence-corrected chi connectivity index (χ3v) is 2.89. The molecule has 15 heavy (non-hydrogen) atoms. The molecule has 0 amide bonds. The van der Waals surface area contributed by atoms with E-state index in [1.807, 2.05) is 13.8 Å². The molecule has 1 aliphatic rings. The zero-order valence-corrected chi connectivity index (χ0v) is 9.61. The Hall–Kier alpha value is -0.160. The molecule has 1 rings (SSSR count). The Balaban J connectivity index is 2.15. The van der Waals surface area contributed by atoms with Gasteiger partial charge < -0.3 is 19.7 Å². The van der Waals surface area contributed by atoms with Crippen LogP contribution >= 0.6 is 0 Å². The molecular weight excluding hydrogens is 196 g/mol. The van der Waals surface area contributed by atoms with Gasteiger partial charge in [-0.05, 0) is 26.2 Å². The van der Waals surface area contributed by atoms with Crippen LogP contribution in [0.3, 0.4) is 0 Å². The highest BCUT2D eigenvalue weighted by Gasteiger charge is 2.30. The quantitative estimate of drug-likeness (QED) is 0.699. The van der Waals surface area contributed by atoms with E-state index >= 15 is 0 Å². The Morgan fingerprint density at radius 1 is 1.20 bits per heavy atom. The van der Waals surface area contributed by atoms with Gasteiger partial charge in [0.15, 0.2) is 5.79 Å². The monoisotopic (exact) mass is 218 g/mol. The van der Waals surface area contributed by atoms with E-state index < -0.39 is 18.0 Å². The second-order valence-corrected chi connectivity index (χ2v) is 4.27. The van der Waals surface area contributed by atoms with E-state index in [1.165, 1.54) is 0 Å². The lowest BCUT2D eigenvalue weighted by Gasteiger charge is -2.23. The number of hydrogen-bond acceptors (Lipinski definition) is 4. The Morgan fingerprint density at radius 3 is 2.33 bits per heavy atom. The van der Waals surface area contributed by atoms with Crippen LogP contribution in [0.4, 0.5) is 0 Å². The maximum Gasteiger partial charge on any atom is 0.165 e. The van der Waals surface area contributed by atoms with Crippen molar-refractivity contribution in [1.29, 1.82) is 0 Å². The summed E-state index contributed by atoms with van der Waals surface area (Å²) in [5, 5.41) is 18.9. The summed E-state index contributed by atoms with van der Waals surface area (Å²) in [5.41, 5.74) is 0. The highest BCUT2D eigenvalue weighted by Crippen LogP contribution is 2.25. The summed E-state index contributed by atoms with van der Waals surface area (Å²) >= 11 is 0. The van der Waals surface area contributed by atoms with Crippen LogP contribution < -0.4 is 0 Å². The maximum absolute atomic E-state index is 9.54. The van der Waals surface area contributed by atoms with Gasteiger partial charge in [-0.3, -0.25) is 0 Å². The lowest BCUT2D eigenvalue weighted by Crippen LogP contribution is -2.28. The van der Waals surface area contributed by atoms with Gasteiger partial charge >= 0.3 is 0 Å². The van der Waals surface area contributed by atoms with Crippen LogP contribution in [0.25, 0.3) is 0 Å². The number of aliphatic hydroxyl groups excluding tert-OH is 2. The van der Waals surface area contributed by atoms with Gasteiger partial charge in [0.25, 0.3) is 0 Å². The molecule has 1 fully saturated rings. The van der Waals surface area contributed by atoms with Crippen molar-refractivity contribution in [2.45, 2.75) is 57.5 Å². The minimum absolute atomic E-state index is 0.475. The van der Waals surface area contributed by atoms with Crippen LogP contribution in [0.2, 0.25) is 0 Å². The van der Waals surface area contributed by atoms with Gasteiger partial charge in [-0.2, -0.15) is 0 Å². The van der Waals surface area contributed by atoms with E-state index in [-0.39, 0.29) is 0 Å². The van der Waals surface area contributed by atoms with Crippen molar-refractivity contribution in [1.82, 2.24) is 0 Å². The van der Waals surface area contributed by atoms with Gasteiger partial charge in [0.1, 0.15) is 0 Å². The molecule has 0 bridgehead atoms. The molecule has 1 saturated heterocycles. The SMILES string of the molecule is CC[C@@H](O)[C@@H](O)CCCC1(C)OCCO1. The Morgan fingerprint density at radius 2 is 1.80 bits per heavy atom. The van der Waals surface area contributed by atoms with Crippen molar-refractivity contribution in [3.05, 3.63) is 0 Å². The van der Waals surface area contributed by atoms with Crippen molar-refractivity contribution in [2.24, 2.45) is 0 Å². The fourth-order valence-corrected chi connectivity index (χ4v) is 1.80. The number of hydrogen-bond donors (Lipinski definition) is 2. The molecule has 0 aromatic heterocycles. The predicted octanol–water partition coefficient (Wildman–Crippen LogP) is 1.05. The molecule has 1 aliphatic heterocycles. The molecule has 0 aromatic carbocycles. The van der Waals surface area contributed by atoms with Gasteiger partial charge in [-0.15, -0.1) is 0 Å².